The number of benzene rings is 1. The molecule has 0 bridgehead atoms. The Kier molecular flexibility index (Phi) is 3.44. The van der Waals surface area contributed by atoms with Crippen LogP contribution < -0.4 is 10.5 Å². The summed E-state index contributed by atoms with van der Waals surface area (Å²) < 4.78 is 19.6. The molecule has 5 heteroatoms. The van der Waals surface area contributed by atoms with Crippen LogP contribution in [0.4, 0.5) is 4.39 Å². The molecule has 1 aliphatic rings. The number of rotatable bonds is 3. The van der Waals surface area contributed by atoms with Crippen molar-refractivity contribution in [2.24, 2.45) is 5.73 Å². The molecule has 1 fully saturated rings. The van der Waals surface area contributed by atoms with Crippen molar-refractivity contribution in [2.45, 2.75) is 25.4 Å². The molecule has 2 nitrogen and oxygen atoms in total. The third kappa shape index (κ3) is 2.20. The van der Waals surface area contributed by atoms with E-state index in [0.29, 0.717) is 5.56 Å². The Labute approximate surface area is 107 Å². The van der Waals surface area contributed by atoms with Crippen LogP contribution in [0.3, 0.4) is 0 Å². The molecular weight excluding hydrogens is 293 g/mol. The first-order valence-corrected chi connectivity index (χ1v) is 6.24. The van der Waals surface area contributed by atoms with Gasteiger partial charge in [0.25, 0.3) is 0 Å². The first-order chi connectivity index (χ1) is 7.59. The third-order valence-electron chi connectivity index (χ3n) is 2.66. The Morgan fingerprint density at radius 3 is 2.69 bits per heavy atom. The van der Waals surface area contributed by atoms with Gasteiger partial charge in [-0.05, 0) is 47.3 Å². The standard InChI is InChI=1S/C11H11BrFNOS/c12-9-7(11(14)16)4-5-8(10(9)13)15-6-2-1-3-6/h4-6H,1-3H2,(H2,14,16). The second kappa shape index (κ2) is 4.67. The summed E-state index contributed by atoms with van der Waals surface area (Å²) >= 11 is 7.95. The van der Waals surface area contributed by atoms with E-state index in [-0.39, 0.29) is 21.3 Å². The van der Waals surface area contributed by atoms with Crippen LogP contribution in [0, 0.1) is 5.82 Å². The quantitative estimate of drug-likeness (QED) is 0.871. The fourth-order valence-corrected chi connectivity index (χ4v) is 2.32. The fourth-order valence-electron chi connectivity index (χ4n) is 1.48. The molecule has 0 saturated heterocycles. The number of nitrogens with two attached hydrogens (primary N) is 1. The van der Waals surface area contributed by atoms with E-state index in [4.69, 9.17) is 22.7 Å². The zero-order valence-corrected chi connectivity index (χ0v) is 10.9. The largest absolute Gasteiger partial charge is 0.487 e. The van der Waals surface area contributed by atoms with Gasteiger partial charge in [0.2, 0.25) is 0 Å². The molecule has 0 spiro atoms. The second-order valence-electron chi connectivity index (χ2n) is 3.77. The van der Waals surface area contributed by atoms with Gasteiger partial charge in [-0.1, -0.05) is 12.2 Å². The van der Waals surface area contributed by atoms with Gasteiger partial charge < -0.3 is 10.5 Å². The maximum atomic E-state index is 13.9. The highest BCUT2D eigenvalue weighted by atomic mass is 79.9. The van der Waals surface area contributed by atoms with Gasteiger partial charge in [0.05, 0.1) is 10.6 Å². The Morgan fingerprint density at radius 1 is 1.50 bits per heavy atom. The minimum atomic E-state index is -0.433. The van der Waals surface area contributed by atoms with E-state index in [2.05, 4.69) is 15.9 Å². The van der Waals surface area contributed by atoms with E-state index in [1.165, 1.54) is 0 Å². The van der Waals surface area contributed by atoms with Crippen molar-refractivity contribution in [1.29, 1.82) is 0 Å². The molecule has 0 aromatic heterocycles. The number of ether oxygens (including phenoxy) is 1. The van der Waals surface area contributed by atoms with Gasteiger partial charge in [-0.3, -0.25) is 0 Å². The van der Waals surface area contributed by atoms with Crippen LogP contribution in [-0.2, 0) is 0 Å². The molecule has 0 aliphatic heterocycles. The molecule has 0 amide bonds. The zero-order valence-electron chi connectivity index (χ0n) is 8.50. The summed E-state index contributed by atoms with van der Waals surface area (Å²) in [5.74, 6) is -0.172. The number of thiocarbonyl (C=S) groups is 1. The molecule has 0 unspecified atom stereocenters. The molecule has 1 aliphatic carbocycles. The number of hydrogen-bond donors (Lipinski definition) is 1. The zero-order chi connectivity index (χ0) is 11.7. The van der Waals surface area contributed by atoms with Crippen LogP contribution in [-0.4, -0.2) is 11.1 Å². The predicted octanol–water partition coefficient (Wildman–Crippen LogP) is 3.15. The summed E-state index contributed by atoms with van der Waals surface area (Å²) in [7, 11) is 0. The topological polar surface area (TPSA) is 35.2 Å². The van der Waals surface area contributed by atoms with Gasteiger partial charge in [0.1, 0.15) is 4.99 Å². The SMILES string of the molecule is NC(=S)c1ccc(OC2CCC2)c(F)c1Br. The third-order valence-corrected chi connectivity index (χ3v) is 3.65. The second-order valence-corrected chi connectivity index (χ2v) is 5.01. The van der Waals surface area contributed by atoms with Gasteiger partial charge in [-0.15, -0.1) is 0 Å². The van der Waals surface area contributed by atoms with Crippen LogP contribution in [0.2, 0.25) is 0 Å². The molecule has 86 valence electrons. The molecule has 2 N–H and O–H groups in total. The molecule has 1 aromatic rings. The van der Waals surface area contributed by atoms with Crippen molar-refractivity contribution in [3.05, 3.63) is 28.0 Å². The Bertz CT molecular complexity index is 434. The van der Waals surface area contributed by atoms with Crippen molar-refractivity contribution in [1.82, 2.24) is 0 Å². The molecule has 1 saturated carbocycles. The average Bonchev–Trinajstić information content (AvgIpc) is 2.17. The Morgan fingerprint density at radius 2 is 2.19 bits per heavy atom. The normalized spacial score (nSPS) is 15.6. The maximum absolute atomic E-state index is 13.9. The first kappa shape index (κ1) is 11.8. The molecular formula is C11H11BrFNOS. The lowest BCUT2D eigenvalue weighted by atomic mass is 9.96. The summed E-state index contributed by atoms with van der Waals surface area (Å²) in [4.78, 5) is 0.168. The minimum absolute atomic E-state index is 0.150. The summed E-state index contributed by atoms with van der Waals surface area (Å²) in [5, 5.41) is 0. The van der Waals surface area contributed by atoms with Crippen molar-refractivity contribution < 1.29 is 9.13 Å². The predicted molar refractivity (Wildman–Crippen MR) is 68.3 cm³/mol. The van der Waals surface area contributed by atoms with E-state index in [9.17, 15) is 4.39 Å². The first-order valence-electron chi connectivity index (χ1n) is 5.04. The van der Waals surface area contributed by atoms with Gasteiger partial charge in [-0.2, -0.15) is 0 Å². The Balaban J connectivity index is 2.26. The average molecular weight is 304 g/mol. The Hall–Kier alpha value is -0.680. The lowest BCUT2D eigenvalue weighted by molar-refractivity contribution is 0.115. The lowest BCUT2D eigenvalue weighted by Crippen LogP contribution is -2.25. The van der Waals surface area contributed by atoms with Gasteiger partial charge >= 0.3 is 0 Å². The summed E-state index contributed by atoms with van der Waals surface area (Å²) in [6.45, 7) is 0. The molecule has 1 aromatic carbocycles. The van der Waals surface area contributed by atoms with E-state index < -0.39 is 5.82 Å². The van der Waals surface area contributed by atoms with E-state index in [1.807, 2.05) is 0 Å². The maximum Gasteiger partial charge on any atom is 0.179 e. The van der Waals surface area contributed by atoms with Crippen LogP contribution in [0.5, 0.6) is 5.75 Å². The summed E-state index contributed by atoms with van der Waals surface area (Å²) in [6, 6.07) is 3.25. The number of halogens is 2. The molecule has 0 atom stereocenters. The lowest BCUT2D eigenvalue weighted by Gasteiger charge is -2.26. The van der Waals surface area contributed by atoms with E-state index in [1.54, 1.807) is 12.1 Å². The van der Waals surface area contributed by atoms with Crippen LogP contribution in [0.1, 0.15) is 24.8 Å². The van der Waals surface area contributed by atoms with Crippen molar-refractivity contribution in [3.8, 4) is 5.75 Å². The summed E-state index contributed by atoms with van der Waals surface area (Å²) in [6.07, 6.45) is 3.29. The van der Waals surface area contributed by atoms with Gasteiger partial charge in [0.15, 0.2) is 11.6 Å². The van der Waals surface area contributed by atoms with E-state index in [0.717, 1.165) is 19.3 Å². The summed E-state index contributed by atoms with van der Waals surface area (Å²) in [5.41, 5.74) is 5.96. The number of hydrogen-bond acceptors (Lipinski definition) is 2. The highest BCUT2D eigenvalue weighted by Crippen LogP contribution is 2.32. The van der Waals surface area contributed by atoms with Gasteiger partial charge in [-0.25, -0.2) is 4.39 Å². The molecule has 16 heavy (non-hydrogen) atoms. The van der Waals surface area contributed by atoms with Crippen molar-refractivity contribution in [2.75, 3.05) is 0 Å². The monoisotopic (exact) mass is 303 g/mol. The minimum Gasteiger partial charge on any atom is -0.487 e. The molecule has 0 radical (unpaired) electrons. The smallest absolute Gasteiger partial charge is 0.179 e. The van der Waals surface area contributed by atoms with Crippen LogP contribution in [0.15, 0.2) is 16.6 Å². The fraction of sp³-hybridized carbons (Fsp3) is 0.364. The van der Waals surface area contributed by atoms with Crippen LogP contribution in [0.25, 0.3) is 0 Å². The highest BCUT2D eigenvalue weighted by molar-refractivity contribution is 9.10. The van der Waals surface area contributed by atoms with Crippen molar-refractivity contribution in [3.63, 3.8) is 0 Å². The van der Waals surface area contributed by atoms with E-state index >= 15 is 0 Å². The highest BCUT2D eigenvalue weighted by Gasteiger charge is 2.22. The molecule has 0 heterocycles. The van der Waals surface area contributed by atoms with Crippen molar-refractivity contribution >= 4 is 33.1 Å². The van der Waals surface area contributed by atoms with Crippen LogP contribution >= 0.6 is 28.1 Å². The van der Waals surface area contributed by atoms with Gasteiger partial charge in [0, 0.05) is 5.56 Å². The molecule has 2 rings (SSSR count).